The molecule has 0 spiro atoms. The van der Waals surface area contributed by atoms with Gasteiger partial charge in [0.05, 0.1) is 31.2 Å². The molecule has 2 heterocycles. The number of hydrogen-bond acceptors (Lipinski definition) is 14. The zero-order valence-corrected chi connectivity index (χ0v) is 54.4. The van der Waals surface area contributed by atoms with Gasteiger partial charge in [0.25, 0.3) is 11.8 Å². The van der Waals surface area contributed by atoms with Crippen molar-refractivity contribution in [1.82, 2.24) is 47.0 Å². The molecule has 494 valence electrons. The number of amides is 5. The van der Waals surface area contributed by atoms with Crippen molar-refractivity contribution < 1.29 is 43.4 Å². The lowest BCUT2D eigenvalue weighted by atomic mass is 9.88. The maximum absolute atomic E-state index is 12.9. The Morgan fingerprint density at radius 1 is 0.714 bits per heavy atom. The van der Waals surface area contributed by atoms with Crippen molar-refractivity contribution in [3.63, 3.8) is 0 Å². The summed E-state index contributed by atoms with van der Waals surface area (Å²) in [7, 11) is 7.47. The average molecular weight is 1250 g/mol. The molecule has 2 fully saturated rings. The number of aryl methyl sites for hydroxylation is 2. The van der Waals surface area contributed by atoms with Crippen molar-refractivity contribution in [3.8, 4) is 11.5 Å². The summed E-state index contributed by atoms with van der Waals surface area (Å²) in [6.45, 7) is 7.79. The van der Waals surface area contributed by atoms with E-state index in [1.807, 2.05) is 66.4 Å². The number of likely N-dealkylation sites (tertiary alicyclic amines) is 2. The number of aliphatic imine (C=N–C) groups is 1. The van der Waals surface area contributed by atoms with E-state index in [1.54, 1.807) is 69.6 Å². The Labute approximate surface area is 539 Å². The molecule has 9 rings (SSSR count). The quantitative estimate of drug-likeness (QED) is 0.0126. The number of carbonyl (C=O) groups excluding carboxylic acids is 7. The third-order valence-corrected chi connectivity index (χ3v) is 15.8. The third kappa shape index (κ3) is 28.2. The van der Waals surface area contributed by atoms with E-state index in [1.165, 1.54) is 47.9 Å². The summed E-state index contributed by atoms with van der Waals surface area (Å²) in [6, 6.07) is 42.4. The van der Waals surface area contributed by atoms with Crippen LogP contribution >= 0.6 is 0 Å². The van der Waals surface area contributed by atoms with Crippen LogP contribution in [-0.2, 0) is 36.8 Å². The SMILES string of the molecule is CCCCNC(=O)c1cccc(C(=O)NCCCCC(N=C(N)CNC)C(=O)N2CCCC2)c1.CN1CC(Oc2ccccc2)CC1C=O.CNC(C)C(=O)NCC=O.CNC1CCCc2ccccc21.O=CN[C@@H]1CCCc2ccccc21.Oc1ccccc1. The Morgan fingerprint density at radius 3 is 1.81 bits per heavy atom. The molecule has 20 nitrogen and oxygen atoms in total. The first-order valence-electron chi connectivity index (χ1n) is 32.1. The molecule has 20 heteroatoms. The highest BCUT2D eigenvalue weighted by Crippen LogP contribution is 2.30. The van der Waals surface area contributed by atoms with Crippen LogP contribution in [0.25, 0.3) is 0 Å². The number of carbonyl (C=O) groups is 7. The predicted octanol–water partition coefficient (Wildman–Crippen LogP) is 7.42. The fraction of sp³-hybridized carbons (Fsp3) is 0.465. The van der Waals surface area contributed by atoms with Crippen LogP contribution in [0.4, 0.5) is 0 Å². The highest BCUT2D eigenvalue weighted by atomic mass is 16.5. The van der Waals surface area contributed by atoms with Crippen LogP contribution in [0.5, 0.6) is 11.5 Å². The first-order chi connectivity index (χ1) is 44.2. The molecular formula is C71H101N11O9. The summed E-state index contributed by atoms with van der Waals surface area (Å²) in [5.41, 5.74) is 12.6. The van der Waals surface area contributed by atoms with Crippen LogP contribution in [-0.4, -0.2) is 162 Å². The van der Waals surface area contributed by atoms with Gasteiger partial charge in [0, 0.05) is 56.3 Å². The normalized spacial score (nSPS) is 17.6. The number of amidine groups is 1. The summed E-state index contributed by atoms with van der Waals surface area (Å²) in [6.07, 6.45) is 16.6. The molecule has 2 saturated heterocycles. The van der Waals surface area contributed by atoms with Gasteiger partial charge in [0.15, 0.2) is 0 Å². The number of likely N-dealkylation sites (N-methyl/N-ethyl adjacent to an activating group) is 3. The summed E-state index contributed by atoms with van der Waals surface area (Å²) < 4.78 is 5.78. The summed E-state index contributed by atoms with van der Waals surface area (Å²) in [5, 5.41) is 28.7. The van der Waals surface area contributed by atoms with E-state index in [-0.39, 0.29) is 54.4 Å². The number of unbranched alkanes of at least 4 members (excludes halogenated alkanes) is 2. The molecule has 0 aromatic heterocycles. The number of nitrogens with two attached hydrogens (primary N) is 1. The molecule has 10 N–H and O–H groups in total. The van der Waals surface area contributed by atoms with Gasteiger partial charge in [0.2, 0.25) is 18.2 Å². The molecule has 5 aromatic rings. The topological polar surface area (TPSA) is 278 Å². The number of nitrogens with one attached hydrogen (secondary N) is 7. The average Bonchev–Trinajstić information content (AvgIpc) is 4.42. The highest BCUT2D eigenvalue weighted by Gasteiger charge is 2.31. The summed E-state index contributed by atoms with van der Waals surface area (Å²) in [5.74, 6) is 1.11. The van der Waals surface area contributed by atoms with Gasteiger partial charge in [0.1, 0.15) is 42.1 Å². The van der Waals surface area contributed by atoms with E-state index in [0.29, 0.717) is 67.5 Å². The molecule has 0 bridgehead atoms. The Balaban J connectivity index is 0.000000256. The lowest BCUT2D eigenvalue weighted by Crippen LogP contribution is -2.40. The molecule has 5 unspecified atom stereocenters. The van der Waals surface area contributed by atoms with Crippen LogP contribution < -0.4 is 47.7 Å². The monoisotopic (exact) mass is 1250 g/mol. The fourth-order valence-corrected chi connectivity index (χ4v) is 10.7. The van der Waals surface area contributed by atoms with Gasteiger partial charge in [-0.1, -0.05) is 104 Å². The zero-order chi connectivity index (χ0) is 66.0. The zero-order valence-electron chi connectivity index (χ0n) is 54.4. The van der Waals surface area contributed by atoms with E-state index in [2.05, 4.69) is 91.6 Å². The third-order valence-electron chi connectivity index (χ3n) is 15.8. The van der Waals surface area contributed by atoms with E-state index in [0.717, 1.165) is 89.4 Å². The smallest absolute Gasteiger partial charge is 0.251 e. The number of fused-ring (bicyclic) bond motifs is 2. The number of hydrogen-bond donors (Lipinski definition) is 9. The molecule has 5 aromatic carbocycles. The number of ether oxygens (including phenoxy) is 1. The van der Waals surface area contributed by atoms with Gasteiger partial charge in [-0.2, -0.15) is 0 Å². The molecular weight excluding hydrogens is 1150 g/mol. The van der Waals surface area contributed by atoms with E-state index < -0.39 is 6.04 Å². The van der Waals surface area contributed by atoms with Crippen molar-refractivity contribution in [3.05, 3.63) is 167 Å². The number of rotatable bonds is 24. The predicted molar refractivity (Wildman–Crippen MR) is 361 cm³/mol. The highest BCUT2D eigenvalue weighted by molar-refractivity contribution is 5.99. The first-order valence-corrected chi connectivity index (χ1v) is 32.1. The summed E-state index contributed by atoms with van der Waals surface area (Å²) in [4.78, 5) is 87.6. The molecule has 6 atom stereocenters. The number of phenolic OH excluding ortho intramolecular Hbond substituents is 1. The number of aldehydes is 2. The van der Waals surface area contributed by atoms with Crippen molar-refractivity contribution >= 4 is 48.4 Å². The lowest BCUT2D eigenvalue weighted by Gasteiger charge is -2.24. The molecule has 0 saturated carbocycles. The number of aromatic hydroxyl groups is 1. The standard InChI is InChI=1S/C25H40N6O3.C12H15NO2.C11H13NO.C11H15N.C6H12N2O2.C6H6O/c1-3-4-13-28-23(32)19-10-9-11-20(17-19)24(33)29-14-6-5-12-21(30-22(26)18-27-2)25(34)31-15-7-8-16-31;1-13-8-12(7-10(13)9-14)15-11-5-3-2-4-6-11;13-8-12-11-7-3-5-9-4-1-2-6-10(9)11;1-12-11-8-4-6-9-5-2-3-7-10(9)11;1-5(7-2)6(10)8-3-4-9;7-6-4-2-1-3-5-6/h9-11,17,21,27H,3-8,12-16,18H2,1-2H3,(H2,26,30)(H,28,32)(H,29,33);2-6,9-10,12H,7-8H2,1H3;1-2,4,6,8,11H,3,5,7H2,(H,12,13);2-3,5,7,11-12H,4,6,8H2,1H3;4-5,7H,3H2,1-2H3,(H,8,10);1-5,7H/t;;11-;;;/m..1.../s1. The van der Waals surface area contributed by atoms with Gasteiger partial charge >= 0.3 is 0 Å². The van der Waals surface area contributed by atoms with Gasteiger partial charge in [-0.3, -0.25) is 33.9 Å². The van der Waals surface area contributed by atoms with Crippen LogP contribution in [0.1, 0.15) is 146 Å². The molecule has 2 aliphatic heterocycles. The second-order valence-electron chi connectivity index (χ2n) is 22.7. The van der Waals surface area contributed by atoms with Crippen molar-refractivity contribution in [2.75, 3.05) is 74.0 Å². The van der Waals surface area contributed by atoms with Gasteiger partial charge in [-0.05, 0) is 177 Å². The molecule has 0 radical (unpaired) electrons. The lowest BCUT2D eigenvalue weighted by molar-refractivity contribution is -0.131. The minimum atomic E-state index is -0.481. The molecule has 4 aliphatic rings. The fourth-order valence-electron chi connectivity index (χ4n) is 10.7. The van der Waals surface area contributed by atoms with Crippen LogP contribution in [0.3, 0.4) is 0 Å². The minimum Gasteiger partial charge on any atom is -0.508 e. The number of phenols is 1. The Morgan fingerprint density at radius 2 is 1.29 bits per heavy atom. The van der Waals surface area contributed by atoms with E-state index in [9.17, 15) is 33.6 Å². The minimum absolute atomic E-state index is 0.0127. The second kappa shape index (κ2) is 44.2. The van der Waals surface area contributed by atoms with Crippen molar-refractivity contribution in [2.24, 2.45) is 10.7 Å². The van der Waals surface area contributed by atoms with E-state index in [4.69, 9.17) is 15.6 Å². The largest absolute Gasteiger partial charge is 0.508 e. The Hall–Kier alpha value is -8.30. The Bertz CT molecular complexity index is 2950. The molecule has 91 heavy (non-hydrogen) atoms. The van der Waals surface area contributed by atoms with E-state index >= 15 is 0 Å². The molecule has 2 aliphatic carbocycles. The second-order valence-corrected chi connectivity index (χ2v) is 22.7. The van der Waals surface area contributed by atoms with Crippen LogP contribution in [0.2, 0.25) is 0 Å². The number of benzene rings is 5. The maximum atomic E-state index is 12.9. The first kappa shape index (κ1) is 75.2. The van der Waals surface area contributed by atoms with Gasteiger partial charge < -0.3 is 67.3 Å². The van der Waals surface area contributed by atoms with Crippen molar-refractivity contribution in [1.29, 1.82) is 0 Å². The number of para-hydroxylation sites is 2. The van der Waals surface area contributed by atoms with Crippen LogP contribution in [0.15, 0.2) is 138 Å². The van der Waals surface area contributed by atoms with Gasteiger partial charge in [-0.25, -0.2) is 0 Å². The molecule has 5 amide bonds. The number of nitrogens with zero attached hydrogens (tertiary/aromatic N) is 3. The van der Waals surface area contributed by atoms with Gasteiger partial charge in [-0.15, -0.1) is 0 Å². The maximum Gasteiger partial charge on any atom is 0.251 e. The van der Waals surface area contributed by atoms with Crippen molar-refractivity contribution in [2.45, 2.75) is 140 Å². The van der Waals surface area contributed by atoms with Crippen LogP contribution in [0, 0.1) is 0 Å². The summed E-state index contributed by atoms with van der Waals surface area (Å²) >= 11 is 0. The Kier molecular flexibility index (Phi) is 36.5.